The van der Waals surface area contributed by atoms with Crippen LogP contribution in [0.4, 0.5) is 5.69 Å². The molecule has 5 nitrogen and oxygen atoms in total. The molecule has 0 aliphatic heterocycles. The average molecular weight is 410 g/mol. The van der Waals surface area contributed by atoms with Crippen LogP contribution in [0.3, 0.4) is 0 Å². The van der Waals surface area contributed by atoms with Gasteiger partial charge in [0.05, 0.1) is 18.7 Å². The van der Waals surface area contributed by atoms with Crippen LogP contribution in [-0.4, -0.2) is 33.3 Å². The van der Waals surface area contributed by atoms with E-state index in [4.69, 9.17) is 12.2 Å². The van der Waals surface area contributed by atoms with Gasteiger partial charge >= 0.3 is 0 Å². The van der Waals surface area contributed by atoms with Crippen LogP contribution in [0.1, 0.15) is 29.2 Å². The number of thiocarbonyl (C=S) groups is 1. The highest BCUT2D eigenvalue weighted by atomic mass is 32.1. The molecule has 0 atom stereocenters. The lowest BCUT2D eigenvalue weighted by Crippen LogP contribution is -2.38. The number of anilines is 1. The van der Waals surface area contributed by atoms with E-state index in [9.17, 15) is 9.90 Å². The zero-order valence-electron chi connectivity index (χ0n) is 17.1. The number of pyridine rings is 1. The van der Waals surface area contributed by atoms with E-state index < -0.39 is 0 Å². The number of H-pyrrole nitrogens is 1. The van der Waals surface area contributed by atoms with Gasteiger partial charge in [0, 0.05) is 23.2 Å². The zero-order valence-corrected chi connectivity index (χ0v) is 17.9. The molecule has 3 aromatic rings. The van der Waals surface area contributed by atoms with Crippen LogP contribution in [-0.2, 0) is 13.0 Å². The Kier molecular flexibility index (Phi) is 6.67. The van der Waals surface area contributed by atoms with Crippen molar-refractivity contribution < 1.29 is 5.11 Å². The van der Waals surface area contributed by atoms with Crippen molar-refractivity contribution in [1.29, 1.82) is 0 Å². The first-order valence-electron chi connectivity index (χ1n) is 9.81. The monoisotopic (exact) mass is 409 g/mol. The molecule has 6 heteroatoms. The molecule has 0 saturated carbocycles. The number of aryl methyl sites for hydroxylation is 3. The number of aromatic amines is 1. The lowest BCUT2D eigenvalue weighted by atomic mass is 10.0. The van der Waals surface area contributed by atoms with Crippen molar-refractivity contribution in [2.45, 2.75) is 33.7 Å². The zero-order chi connectivity index (χ0) is 21.0. The Morgan fingerprint density at radius 1 is 1.14 bits per heavy atom. The molecule has 3 rings (SSSR count). The van der Waals surface area contributed by atoms with Gasteiger partial charge in [-0.3, -0.25) is 4.79 Å². The van der Waals surface area contributed by atoms with Crippen LogP contribution >= 0.6 is 12.2 Å². The number of fused-ring (bicyclic) bond motifs is 1. The molecule has 152 valence electrons. The number of rotatable bonds is 6. The van der Waals surface area contributed by atoms with Gasteiger partial charge in [-0.25, -0.2) is 0 Å². The number of aliphatic hydroxyl groups is 1. The van der Waals surface area contributed by atoms with Gasteiger partial charge in [0.2, 0.25) is 0 Å². The molecule has 29 heavy (non-hydrogen) atoms. The maximum Gasteiger partial charge on any atom is 0.253 e. The maximum atomic E-state index is 12.7. The normalized spacial score (nSPS) is 10.9. The Labute approximate surface area is 176 Å². The average Bonchev–Trinajstić information content (AvgIpc) is 2.71. The fourth-order valence-corrected chi connectivity index (χ4v) is 3.73. The first kappa shape index (κ1) is 21.0. The van der Waals surface area contributed by atoms with Crippen LogP contribution in [0, 0.1) is 13.8 Å². The lowest BCUT2D eigenvalue weighted by Gasteiger charge is -2.26. The summed E-state index contributed by atoms with van der Waals surface area (Å²) >= 11 is 5.61. The van der Waals surface area contributed by atoms with Crippen molar-refractivity contribution in [3.8, 4) is 0 Å². The Bertz CT molecular complexity index is 1090. The number of benzene rings is 2. The third kappa shape index (κ3) is 4.66. The second kappa shape index (κ2) is 9.20. The summed E-state index contributed by atoms with van der Waals surface area (Å²) in [5.41, 5.74) is 5.60. The number of nitrogens with one attached hydrogen (secondary N) is 2. The second-order valence-corrected chi connectivity index (χ2v) is 7.58. The number of aliphatic hydroxyl groups excluding tert-OH is 1. The number of hydrogen-bond acceptors (Lipinski definition) is 3. The van der Waals surface area contributed by atoms with Crippen molar-refractivity contribution in [3.63, 3.8) is 0 Å². The molecule has 2 aromatic carbocycles. The number of nitrogens with zero attached hydrogens (tertiary/aromatic N) is 1. The summed E-state index contributed by atoms with van der Waals surface area (Å²) in [4.78, 5) is 17.5. The third-order valence-corrected chi connectivity index (χ3v) is 5.54. The van der Waals surface area contributed by atoms with Crippen LogP contribution in [0.25, 0.3) is 10.9 Å². The molecule has 0 unspecified atom stereocenters. The lowest BCUT2D eigenvalue weighted by molar-refractivity contribution is 0.248. The molecular formula is C23H27N3O2S. The minimum Gasteiger partial charge on any atom is -0.395 e. The van der Waals surface area contributed by atoms with Gasteiger partial charge in [0.25, 0.3) is 5.56 Å². The molecule has 3 N–H and O–H groups in total. The summed E-state index contributed by atoms with van der Waals surface area (Å²) in [5, 5.41) is 14.3. The summed E-state index contributed by atoms with van der Waals surface area (Å²) in [7, 11) is 0. The Hall–Kier alpha value is -2.70. The van der Waals surface area contributed by atoms with E-state index in [1.165, 1.54) is 0 Å². The fourth-order valence-electron chi connectivity index (χ4n) is 3.46. The van der Waals surface area contributed by atoms with Crippen LogP contribution in [0.2, 0.25) is 0 Å². The van der Waals surface area contributed by atoms with E-state index in [0.29, 0.717) is 23.8 Å². The summed E-state index contributed by atoms with van der Waals surface area (Å²) in [6.07, 6.45) is 0.884. The van der Waals surface area contributed by atoms with Crippen LogP contribution in [0.15, 0.2) is 47.3 Å². The van der Waals surface area contributed by atoms with E-state index in [-0.39, 0.29) is 12.2 Å². The molecule has 0 amide bonds. The van der Waals surface area contributed by atoms with Crippen molar-refractivity contribution in [2.24, 2.45) is 0 Å². The van der Waals surface area contributed by atoms with Gasteiger partial charge in [0.15, 0.2) is 5.11 Å². The molecular weight excluding hydrogens is 382 g/mol. The van der Waals surface area contributed by atoms with Gasteiger partial charge in [-0.2, -0.15) is 0 Å². The van der Waals surface area contributed by atoms with E-state index in [2.05, 4.69) is 29.4 Å². The molecule has 0 spiro atoms. The SMILES string of the molecule is CCc1ccccc1NC(=S)N(CCO)Cc1cc2c(C)ccc(C)c2[nH]c1=O. The Balaban J connectivity index is 1.90. The highest BCUT2D eigenvalue weighted by Crippen LogP contribution is 2.21. The molecule has 0 fully saturated rings. The summed E-state index contributed by atoms with van der Waals surface area (Å²) in [6, 6.07) is 14.0. The highest BCUT2D eigenvalue weighted by molar-refractivity contribution is 7.80. The number of hydrogen-bond donors (Lipinski definition) is 3. The summed E-state index contributed by atoms with van der Waals surface area (Å²) in [5.74, 6) is 0. The predicted molar refractivity (Wildman–Crippen MR) is 124 cm³/mol. The van der Waals surface area contributed by atoms with Gasteiger partial charge in [-0.1, -0.05) is 37.3 Å². The quantitative estimate of drug-likeness (QED) is 0.539. The summed E-state index contributed by atoms with van der Waals surface area (Å²) < 4.78 is 0. The van der Waals surface area contributed by atoms with E-state index in [0.717, 1.165) is 39.7 Å². The molecule has 0 bridgehead atoms. The molecule has 1 aromatic heterocycles. The number of para-hydroxylation sites is 1. The number of aromatic nitrogens is 1. The molecule has 0 saturated heterocycles. The van der Waals surface area contributed by atoms with Gasteiger partial charge < -0.3 is 20.3 Å². The van der Waals surface area contributed by atoms with Crippen LogP contribution < -0.4 is 10.9 Å². The van der Waals surface area contributed by atoms with E-state index in [1.54, 1.807) is 0 Å². The van der Waals surface area contributed by atoms with E-state index in [1.807, 2.05) is 49.1 Å². The fraction of sp³-hybridized carbons (Fsp3) is 0.304. The van der Waals surface area contributed by atoms with Gasteiger partial charge in [-0.05, 0) is 61.3 Å². The second-order valence-electron chi connectivity index (χ2n) is 7.20. The van der Waals surface area contributed by atoms with Crippen molar-refractivity contribution in [1.82, 2.24) is 9.88 Å². The minimum absolute atomic E-state index is 0.0547. The summed E-state index contributed by atoms with van der Waals surface area (Å²) in [6.45, 7) is 6.71. The Morgan fingerprint density at radius 3 is 2.59 bits per heavy atom. The van der Waals surface area contributed by atoms with E-state index >= 15 is 0 Å². The third-order valence-electron chi connectivity index (χ3n) is 5.18. The Morgan fingerprint density at radius 2 is 1.86 bits per heavy atom. The first-order valence-corrected chi connectivity index (χ1v) is 10.2. The smallest absolute Gasteiger partial charge is 0.253 e. The van der Waals surface area contributed by atoms with Gasteiger partial charge in [0.1, 0.15) is 0 Å². The van der Waals surface area contributed by atoms with Crippen molar-refractivity contribution in [2.75, 3.05) is 18.5 Å². The van der Waals surface area contributed by atoms with Crippen molar-refractivity contribution >= 4 is 33.9 Å². The molecule has 0 aliphatic carbocycles. The molecule has 1 heterocycles. The highest BCUT2D eigenvalue weighted by Gasteiger charge is 2.15. The maximum absolute atomic E-state index is 12.7. The van der Waals surface area contributed by atoms with Gasteiger partial charge in [-0.15, -0.1) is 0 Å². The van der Waals surface area contributed by atoms with Crippen LogP contribution in [0.5, 0.6) is 0 Å². The van der Waals surface area contributed by atoms with Crippen molar-refractivity contribution in [3.05, 3.63) is 75.1 Å². The predicted octanol–water partition coefficient (Wildman–Crippen LogP) is 3.90. The standard InChI is InChI=1S/C23H27N3O2S/c1-4-17-7-5-6-8-20(17)24-23(29)26(11-12-27)14-18-13-19-15(2)9-10-16(3)21(19)25-22(18)28/h5-10,13,27H,4,11-12,14H2,1-3H3,(H,24,29)(H,25,28). The first-order chi connectivity index (χ1) is 13.9. The minimum atomic E-state index is -0.133. The molecule has 0 radical (unpaired) electrons. The largest absolute Gasteiger partial charge is 0.395 e. The topological polar surface area (TPSA) is 68.4 Å². The molecule has 0 aliphatic rings.